The molecule has 1 atom stereocenters. The average Bonchev–Trinajstić information content (AvgIpc) is 2.73. The molecular formula is C20H14F9N3O2. The SMILES string of the molecule is N=C(NO)c1ccc(/C=C/C(=O)NC(c2cccc(C(F)(F)F)c2)C(F)(F)F)cc1C(F)(F)F. The van der Waals surface area contributed by atoms with Crippen LogP contribution >= 0.6 is 0 Å². The van der Waals surface area contributed by atoms with Crippen LogP contribution in [0.3, 0.4) is 0 Å². The standard InChI is InChI=1S/C20H14F9N3O2/c21-18(22,23)12-3-1-2-11(9-12)16(20(27,28)29)31-15(33)7-5-10-4-6-13(17(30)32-34)14(8-10)19(24,25)26/h1-9,16,34H,(H2,30,32)(H,31,33)/b7-5+. The second kappa shape index (κ2) is 9.75. The molecule has 0 aromatic heterocycles. The van der Waals surface area contributed by atoms with E-state index >= 15 is 0 Å². The van der Waals surface area contributed by atoms with E-state index in [0.717, 1.165) is 30.3 Å². The molecular weight excluding hydrogens is 485 g/mol. The molecule has 0 spiro atoms. The molecule has 0 aliphatic rings. The minimum Gasteiger partial charge on any atom is -0.337 e. The van der Waals surface area contributed by atoms with Gasteiger partial charge in [0.05, 0.1) is 11.1 Å². The first-order chi connectivity index (χ1) is 15.5. The summed E-state index contributed by atoms with van der Waals surface area (Å²) >= 11 is 0. The molecule has 0 saturated heterocycles. The predicted octanol–water partition coefficient (Wildman–Crippen LogP) is 5.46. The molecule has 4 N–H and O–H groups in total. The summed E-state index contributed by atoms with van der Waals surface area (Å²) in [4.78, 5) is 12.0. The van der Waals surface area contributed by atoms with Gasteiger partial charge >= 0.3 is 18.5 Å². The van der Waals surface area contributed by atoms with Crippen molar-refractivity contribution in [3.63, 3.8) is 0 Å². The molecule has 2 aromatic carbocycles. The number of amides is 1. The molecule has 0 aliphatic carbocycles. The molecule has 0 saturated carbocycles. The van der Waals surface area contributed by atoms with E-state index in [1.165, 1.54) is 10.8 Å². The number of halogens is 9. The van der Waals surface area contributed by atoms with Crippen LogP contribution in [-0.4, -0.2) is 23.1 Å². The number of nitrogens with one attached hydrogen (secondary N) is 3. The molecule has 0 heterocycles. The fourth-order valence-corrected chi connectivity index (χ4v) is 2.79. The van der Waals surface area contributed by atoms with Crippen LogP contribution in [0.15, 0.2) is 48.5 Å². The van der Waals surface area contributed by atoms with E-state index in [2.05, 4.69) is 0 Å². The van der Waals surface area contributed by atoms with Gasteiger partial charge in [-0.1, -0.05) is 24.3 Å². The first-order valence-corrected chi connectivity index (χ1v) is 8.96. The number of carbonyl (C=O) groups excluding carboxylic acids is 1. The Bertz CT molecular complexity index is 1090. The maximum absolute atomic E-state index is 13.4. The summed E-state index contributed by atoms with van der Waals surface area (Å²) in [6, 6.07) is 1.68. The van der Waals surface area contributed by atoms with Gasteiger partial charge in [-0.15, -0.1) is 0 Å². The third-order valence-electron chi connectivity index (χ3n) is 4.32. The Morgan fingerprint density at radius 3 is 2.12 bits per heavy atom. The smallest absolute Gasteiger partial charge is 0.337 e. The van der Waals surface area contributed by atoms with Gasteiger partial charge in [-0.05, 0) is 35.4 Å². The third kappa shape index (κ3) is 6.73. The lowest BCUT2D eigenvalue weighted by Gasteiger charge is -2.22. The molecule has 0 bridgehead atoms. The van der Waals surface area contributed by atoms with Crippen molar-refractivity contribution in [1.29, 1.82) is 5.41 Å². The summed E-state index contributed by atoms with van der Waals surface area (Å²) in [6.07, 6.45) is -13.9. The zero-order valence-electron chi connectivity index (χ0n) is 16.5. The molecule has 2 rings (SSSR count). The van der Waals surface area contributed by atoms with Crippen molar-refractivity contribution in [3.8, 4) is 0 Å². The largest absolute Gasteiger partial charge is 0.417 e. The van der Waals surface area contributed by atoms with Gasteiger partial charge in [-0.3, -0.25) is 20.9 Å². The van der Waals surface area contributed by atoms with E-state index in [1.807, 2.05) is 0 Å². The minimum atomic E-state index is -5.18. The van der Waals surface area contributed by atoms with Crippen LogP contribution in [0.1, 0.15) is 33.9 Å². The van der Waals surface area contributed by atoms with Crippen LogP contribution in [0, 0.1) is 5.41 Å². The fourth-order valence-electron chi connectivity index (χ4n) is 2.79. The monoisotopic (exact) mass is 499 g/mol. The highest BCUT2D eigenvalue weighted by molar-refractivity contribution is 5.97. The Kier molecular flexibility index (Phi) is 7.66. The van der Waals surface area contributed by atoms with Crippen LogP contribution in [0.2, 0.25) is 0 Å². The second-order valence-electron chi connectivity index (χ2n) is 6.73. The van der Waals surface area contributed by atoms with Crippen molar-refractivity contribution in [1.82, 2.24) is 10.8 Å². The topological polar surface area (TPSA) is 85.2 Å². The summed E-state index contributed by atoms with van der Waals surface area (Å²) < 4.78 is 118. The van der Waals surface area contributed by atoms with Crippen LogP contribution in [0.4, 0.5) is 39.5 Å². The van der Waals surface area contributed by atoms with Crippen molar-refractivity contribution in [2.45, 2.75) is 24.6 Å². The van der Waals surface area contributed by atoms with Gasteiger partial charge < -0.3 is 5.32 Å². The molecule has 1 amide bonds. The first-order valence-electron chi connectivity index (χ1n) is 8.96. The van der Waals surface area contributed by atoms with Gasteiger partial charge in [0, 0.05) is 11.6 Å². The second-order valence-corrected chi connectivity index (χ2v) is 6.73. The third-order valence-corrected chi connectivity index (χ3v) is 4.32. The van der Waals surface area contributed by atoms with Gasteiger partial charge in [-0.25, -0.2) is 0 Å². The maximum Gasteiger partial charge on any atom is 0.417 e. The van der Waals surface area contributed by atoms with Crippen LogP contribution in [0.5, 0.6) is 0 Å². The number of carbonyl (C=O) groups is 1. The minimum absolute atomic E-state index is 0.223. The number of hydrogen-bond donors (Lipinski definition) is 4. The zero-order valence-corrected chi connectivity index (χ0v) is 16.5. The predicted molar refractivity (Wildman–Crippen MR) is 101 cm³/mol. The first kappa shape index (κ1) is 26.7. The Balaban J connectivity index is 2.32. The van der Waals surface area contributed by atoms with E-state index in [9.17, 15) is 44.3 Å². The molecule has 184 valence electrons. The number of amidine groups is 1. The van der Waals surface area contributed by atoms with E-state index < -0.39 is 58.6 Å². The van der Waals surface area contributed by atoms with Crippen molar-refractivity contribution < 1.29 is 49.5 Å². The average molecular weight is 499 g/mol. The summed E-state index contributed by atoms with van der Waals surface area (Å²) in [5, 5.41) is 17.4. The Labute approximate surface area is 185 Å². The molecule has 5 nitrogen and oxygen atoms in total. The Morgan fingerprint density at radius 1 is 0.941 bits per heavy atom. The lowest BCUT2D eigenvalue weighted by Crippen LogP contribution is -2.37. The molecule has 0 aliphatic heterocycles. The quantitative estimate of drug-likeness (QED) is 0.145. The molecule has 34 heavy (non-hydrogen) atoms. The number of alkyl halides is 9. The van der Waals surface area contributed by atoms with Crippen LogP contribution < -0.4 is 10.8 Å². The highest BCUT2D eigenvalue weighted by Crippen LogP contribution is 2.36. The maximum atomic E-state index is 13.4. The van der Waals surface area contributed by atoms with E-state index in [-0.39, 0.29) is 11.6 Å². The van der Waals surface area contributed by atoms with Crippen molar-refractivity contribution in [2.75, 3.05) is 0 Å². The van der Waals surface area contributed by atoms with Crippen LogP contribution in [0.25, 0.3) is 6.08 Å². The Morgan fingerprint density at radius 2 is 1.59 bits per heavy atom. The molecule has 1 unspecified atom stereocenters. The molecule has 0 fully saturated rings. The normalized spacial score (nSPS) is 13.6. The van der Waals surface area contributed by atoms with Crippen molar-refractivity contribution in [3.05, 3.63) is 76.4 Å². The summed E-state index contributed by atoms with van der Waals surface area (Å²) in [7, 11) is 0. The van der Waals surface area contributed by atoms with Crippen molar-refractivity contribution in [2.24, 2.45) is 0 Å². The van der Waals surface area contributed by atoms with Gasteiger partial charge in [0.15, 0.2) is 6.04 Å². The van der Waals surface area contributed by atoms with E-state index in [1.54, 1.807) is 0 Å². The Hall–Kier alpha value is -3.55. The van der Waals surface area contributed by atoms with Gasteiger partial charge in [-0.2, -0.15) is 39.5 Å². The molecule has 14 heteroatoms. The zero-order chi connectivity index (χ0) is 25.9. The van der Waals surface area contributed by atoms with E-state index in [0.29, 0.717) is 18.2 Å². The van der Waals surface area contributed by atoms with E-state index in [4.69, 9.17) is 10.6 Å². The number of benzene rings is 2. The number of rotatable bonds is 5. The fraction of sp³-hybridized carbons (Fsp3) is 0.200. The highest BCUT2D eigenvalue weighted by atomic mass is 19.4. The summed E-state index contributed by atoms with van der Waals surface area (Å²) in [6.45, 7) is 0. The van der Waals surface area contributed by atoms with Gasteiger partial charge in [0.1, 0.15) is 5.84 Å². The lowest BCUT2D eigenvalue weighted by molar-refractivity contribution is -0.162. The number of hydroxylamine groups is 1. The van der Waals surface area contributed by atoms with Gasteiger partial charge in [0.2, 0.25) is 5.91 Å². The number of hydrogen-bond acceptors (Lipinski definition) is 3. The van der Waals surface area contributed by atoms with Crippen molar-refractivity contribution >= 4 is 17.8 Å². The molecule has 2 aromatic rings. The highest BCUT2D eigenvalue weighted by Gasteiger charge is 2.42. The summed E-state index contributed by atoms with van der Waals surface area (Å²) in [5.74, 6) is -2.42. The van der Waals surface area contributed by atoms with Crippen LogP contribution in [-0.2, 0) is 17.1 Å². The summed E-state index contributed by atoms with van der Waals surface area (Å²) in [5.41, 5.74) is -3.42. The lowest BCUT2D eigenvalue weighted by atomic mass is 10.0. The molecule has 0 radical (unpaired) electrons. The van der Waals surface area contributed by atoms with Gasteiger partial charge in [0.25, 0.3) is 0 Å².